The Balaban J connectivity index is 1.76. The molecule has 0 bridgehead atoms. The van der Waals surface area contributed by atoms with Gasteiger partial charge in [0.1, 0.15) is 0 Å². The molecular formula is C17H34N2O. The highest BCUT2D eigenvalue weighted by Gasteiger charge is 2.25. The number of nitrogens with one attached hydrogen (secondary N) is 1. The minimum atomic E-state index is 0.699. The molecule has 1 unspecified atom stereocenters. The number of hydrogen-bond donors (Lipinski definition) is 1. The molecule has 2 rings (SSSR count). The molecule has 2 fully saturated rings. The van der Waals surface area contributed by atoms with Gasteiger partial charge in [-0.05, 0) is 51.1 Å². The molecule has 1 aliphatic heterocycles. The van der Waals surface area contributed by atoms with Crippen LogP contribution >= 0.6 is 0 Å². The number of likely N-dealkylation sites (N-methyl/N-ethyl adjacent to an activating group) is 2. The number of ether oxygens (including phenoxy) is 1. The summed E-state index contributed by atoms with van der Waals surface area (Å²) in [4.78, 5) is 2.57. The summed E-state index contributed by atoms with van der Waals surface area (Å²) >= 11 is 0. The van der Waals surface area contributed by atoms with Crippen molar-refractivity contribution in [2.24, 2.45) is 11.8 Å². The van der Waals surface area contributed by atoms with Gasteiger partial charge in [0.15, 0.2) is 0 Å². The standard InChI is InChI=1S/C17H34N2O/c1-3-18-17(16-7-5-4-6-8-16)14-19(2)13-15-9-11-20-12-10-15/h15-18H,3-14H2,1-2H3. The van der Waals surface area contributed by atoms with Crippen LogP contribution in [-0.2, 0) is 4.74 Å². The normalized spacial score (nSPS) is 24.1. The van der Waals surface area contributed by atoms with E-state index in [4.69, 9.17) is 4.74 Å². The lowest BCUT2D eigenvalue weighted by molar-refractivity contribution is 0.0533. The molecular weight excluding hydrogens is 248 g/mol. The zero-order chi connectivity index (χ0) is 14.2. The molecule has 1 heterocycles. The van der Waals surface area contributed by atoms with Crippen molar-refractivity contribution in [1.29, 1.82) is 0 Å². The van der Waals surface area contributed by atoms with Crippen molar-refractivity contribution in [1.82, 2.24) is 10.2 Å². The lowest BCUT2D eigenvalue weighted by Gasteiger charge is -2.35. The van der Waals surface area contributed by atoms with Gasteiger partial charge in [-0.1, -0.05) is 26.2 Å². The summed E-state index contributed by atoms with van der Waals surface area (Å²) in [5.41, 5.74) is 0. The molecule has 3 heteroatoms. The molecule has 0 spiro atoms. The molecule has 1 saturated heterocycles. The minimum Gasteiger partial charge on any atom is -0.381 e. The van der Waals surface area contributed by atoms with Gasteiger partial charge < -0.3 is 15.0 Å². The van der Waals surface area contributed by atoms with Gasteiger partial charge in [-0.25, -0.2) is 0 Å². The summed E-state index contributed by atoms with van der Waals surface area (Å²) < 4.78 is 5.47. The fourth-order valence-corrected chi connectivity index (χ4v) is 3.96. The summed E-state index contributed by atoms with van der Waals surface area (Å²) in [5, 5.41) is 3.75. The first-order valence-electron chi connectivity index (χ1n) is 8.79. The van der Waals surface area contributed by atoms with Crippen LogP contribution in [-0.4, -0.2) is 50.8 Å². The van der Waals surface area contributed by atoms with E-state index in [2.05, 4.69) is 24.2 Å². The highest BCUT2D eigenvalue weighted by atomic mass is 16.5. The SMILES string of the molecule is CCNC(CN(C)CC1CCOCC1)C1CCCCC1. The van der Waals surface area contributed by atoms with E-state index >= 15 is 0 Å². The summed E-state index contributed by atoms with van der Waals surface area (Å²) in [7, 11) is 2.31. The van der Waals surface area contributed by atoms with E-state index in [9.17, 15) is 0 Å². The highest BCUT2D eigenvalue weighted by Crippen LogP contribution is 2.27. The molecule has 1 N–H and O–H groups in total. The Hall–Kier alpha value is -0.120. The highest BCUT2D eigenvalue weighted by molar-refractivity contribution is 4.82. The van der Waals surface area contributed by atoms with Crippen LogP contribution in [0.15, 0.2) is 0 Å². The Morgan fingerprint density at radius 3 is 2.45 bits per heavy atom. The van der Waals surface area contributed by atoms with E-state index in [0.29, 0.717) is 6.04 Å². The molecule has 3 nitrogen and oxygen atoms in total. The van der Waals surface area contributed by atoms with Crippen molar-refractivity contribution in [3.8, 4) is 0 Å². The molecule has 1 atom stereocenters. The zero-order valence-electron chi connectivity index (χ0n) is 13.6. The van der Waals surface area contributed by atoms with Gasteiger partial charge in [0.05, 0.1) is 0 Å². The Labute approximate surface area is 125 Å². The molecule has 1 aliphatic carbocycles. The number of nitrogens with zero attached hydrogens (tertiary/aromatic N) is 1. The van der Waals surface area contributed by atoms with Crippen LogP contribution < -0.4 is 5.32 Å². The van der Waals surface area contributed by atoms with E-state index in [1.807, 2.05) is 0 Å². The van der Waals surface area contributed by atoms with E-state index in [1.54, 1.807) is 0 Å². The van der Waals surface area contributed by atoms with Crippen molar-refractivity contribution in [3.05, 3.63) is 0 Å². The predicted molar refractivity (Wildman–Crippen MR) is 85.1 cm³/mol. The lowest BCUT2D eigenvalue weighted by atomic mass is 9.83. The van der Waals surface area contributed by atoms with E-state index in [0.717, 1.165) is 31.6 Å². The second-order valence-electron chi connectivity index (χ2n) is 6.84. The Kier molecular flexibility index (Phi) is 7.32. The van der Waals surface area contributed by atoms with Crippen LogP contribution in [0.2, 0.25) is 0 Å². The van der Waals surface area contributed by atoms with E-state index in [-0.39, 0.29) is 0 Å². The maximum Gasteiger partial charge on any atom is 0.0469 e. The number of rotatable bonds is 7. The van der Waals surface area contributed by atoms with Gasteiger partial charge >= 0.3 is 0 Å². The van der Waals surface area contributed by atoms with Crippen LogP contribution in [0.1, 0.15) is 51.9 Å². The van der Waals surface area contributed by atoms with E-state index in [1.165, 1.54) is 58.0 Å². The fraction of sp³-hybridized carbons (Fsp3) is 1.00. The lowest BCUT2D eigenvalue weighted by Crippen LogP contribution is -2.46. The minimum absolute atomic E-state index is 0.699. The Bertz CT molecular complexity index is 247. The van der Waals surface area contributed by atoms with Crippen LogP contribution in [0.25, 0.3) is 0 Å². The van der Waals surface area contributed by atoms with Gasteiger partial charge in [-0.15, -0.1) is 0 Å². The maximum absolute atomic E-state index is 5.47. The number of hydrogen-bond acceptors (Lipinski definition) is 3. The van der Waals surface area contributed by atoms with Crippen LogP contribution in [0.3, 0.4) is 0 Å². The van der Waals surface area contributed by atoms with Crippen molar-refractivity contribution in [2.75, 3.05) is 39.9 Å². The third kappa shape index (κ3) is 5.34. The average Bonchev–Trinajstić information content (AvgIpc) is 2.49. The maximum atomic E-state index is 5.47. The first-order chi connectivity index (χ1) is 9.79. The van der Waals surface area contributed by atoms with Crippen molar-refractivity contribution in [3.63, 3.8) is 0 Å². The van der Waals surface area contributed by atoms with Gasteiger partial charge in [-0.3, -0.25) is 0 Å². The summed E-state index contributed by atoms with van der Waals surface area (Å²) in [6, 6.07) is 0.699. The topological polar surface area (TPSA) is 24.5 Å². The average molecular weight is 282 g/mol. The largest absolute Gasteiger partial charge is 0.381 e. The Morgan fingerprint density at radius 2 is 1.80 bits per heavy atom. The van der Waals surface area contributed by atoms with Crippen molar-refractivity contribution < 1.29 is 4.74 Å². The molecule has 0 aromatic heterocycles. The smallest absolute Gasteiger partial charge is 0.0469 e. The summed E-state index contributed by atoms with van der Waals surface area (Å²) in [6.07, 6.45) is 9.70. The molecule has 20 heavy (non-hydrogen) atoms. The van der Waals surface area contributed by atoms with Crippen LogP contribution in [0.4, 0.5) is 0 Å². The molecule has 0 radical (unpaired) electrons. The van der Waals surface area contributed by atoms with Crippen molar-refractivity contribution >= 4 is 0 Å². The molecule has 0 aromatic carbocycles. The second-order valence-corrected chi connectivity index (χ2v) is 6.84. The molecule has 118 valence electrons. The molecule has 1 saturated carbocycles. The van der Waals surface area contributed by atoms with Gasteiger partial charge in [0.2, 0.25) is 0 Å². The van der Waals surface area contributed by atoms with E-state index < -0.39 is 0 Å². The first kappa shape index (κ1) is 16.3. The fourth-order valence-electron chi connectivity index (χ4n) is 3.96. The Morgan fingerprint density at radius 1 is 1.10 bits per heavy atom. The quantitative estimate of drug-likeness (QED) is 0.777. The van der Waals surface area contributed by atoms with Crippen LogP contribution in [0, 0.1) is 11.8 Å². The third-order valence-corrected chi connectivity index (χ3v) is 5.10. The predicted octanol–water partition coefficient (Wildman–Crippen LogP) is 2.90. The van der Waals surface area contributed by atoms with Gasteiger partial charge in [0, 0.05) is 32.3 Å². The van der Waals surface area contributed by atoms with Gasteiger partial charge in [0.25, 0.3) is 0 Å². The van der Waals surface area contributed by atoms with Crippen LogP contribution in [0.5, 0.6) is 0 Å². The molecule has 2 aliphatic rings. The third-order valence-electron chi connectivity index (χ3n) is 5.10. The zero-order valence-corrected chi connectivity index (χ0v) is 13.6. The molecule has 0 aromatic rings. The second kappa shape index (κ2) is 9.01. The molecule has 0 amide bonds. The van der Waals surface area contributed by atoms with Gasteiger partial charge in [-0.2, -0.15) is 0 Å². The first-order valence-corrected chi connectivity index (χ1v) is 8.79. The summed E-state index contributed by atoms with van der Waals surface area (Å²) in [6.45, 7) is 7.75. The monoisotopic (exact) mass is 282 g/mol. The summed E-state index contributed by atoms with van der Waals surface area (Å²) in [5.74, 6) is 1.75. The van der Waals surface area contributed by atoms with Crippen molar-refractivity contribution in [2.45, 2.75) is 57.9 Å².